The molecule has 0 radical (unpaired) electrons. The molecule has 94 valence electrons. The minimum Gasteiger partial charge on any atom is -0.388 e. The summed E-state index contributed by atoms with van der Waals surface area (Å²) in [4.78, 5) is 2.41. The van der Waals surface area contributed by atoms with Crippen LogP contribution in [0.3, 0.4) is 0 Å². The molecule has 2 heteroatoms. The largest absolute Gasteiger partial charge is 0.388 e. The first kappa shape index (κ1) is 12.4. The van der Waals surface area contributed by atoms with E-state index >= 15 is 0 Å². The highest BCUT2D eigenvalue weighted by Gasteiger charge is 2.25. The smallest absolute Gasteiger partial charge is 0.0807 e. The Labute approximate surface area is 104 Å². The Hall–Kier alpha value is -1.02. The van der Waals surface area contributed by atoms with Crippen LogP contribution in [0.25, 0.3) is 0 Å². The van der Waals surface area contributed by atoms with E-state index in [1.165, 1.54) is 18.5 Å². The lowest BCUT2D eigenvalue weighted by Gasteiger charge is -2.27. The molecule has 1 aliphatic carbocycles. The molecule has 1 aliphatic rings. The number of para-hydroxylation sites is 1. The summed E-state index contributed by atoms with van der Waals surface area (Å²) in [6.45, 7) is 6.38. The first-order chi connectivity index (χ1) is 8.26. The summed E-state index contributed by atoms with van der Waals surface area (Å²) < 4.78 is 0. The van der Waals surface area contributed by atoms with Gasteiger partial charge in [0.2, 0.25) is 0 Å². The van der Waals surface area contributed by atoms with Gasteiger partial charge in [-0.15, -0.1) is 0 Å². The van der Waals surface area contributed by atoms with Crippen LogP contribution in [0.2, 0.25) is 0 Å². The molecule has 1 atom stereocenters. The zero-order chi connectivity index (χ0) is 12.3. The van der Waals surface area contributed by atoms with Crippen molar-refractivity contribution in [2.45, 2.75) is 39.2 Å². The lowest BCUT2D eigenvalue weighted by molar-refractivity contribution is 0.174. The number of nitrogens with zero attached hydrogens (tertiary/aromatic N) is 1. The van der Waals surface area contributed by atoms with E-state index in [1.807, 2.05) is 13.0 Å². The van der Waals surface area contributed by atoms with Gasteiger partial charge >= 0.3 is 0 Å². The van der Waals surface area contributed by atoms with E-state index in [0.717, 1.165) is 31.0 Å². The molecule has 1 N–H and O–H groups in total. The van der Waals surface area contributed by atoms with Gasteiger partial charge in [-0.1, -0.05) is 25.1 Å². The second kappa shape index (κ2) is 5.54. The summed E-state index contributed by atoms with van der Waals surface area (Å²) >= 11 is 0. The summed E-state index contributed by atoms with van der Waals surface area (Å²) in [5.74, 6) is 0.877. The third-order valence-corrected chi connectivity index (χ3v) is 3.58. The van der Waals surface area contributed by atoms with Crippen LogP contribution in [0.1, 0.15) is 44.8 Å². The minimum atomic E-state index is -0.334. The van der Waals surface area contributed by atoms with Crippen molar-refractivity contribution in [3.63, 3.8) is 0 Å². The lowest BCUT2D eigenvalue weighted by Crippen LogP contribution is -2.26. The van der Waals surface area contributed by atoms with Gasteiger partial charge in [-0.25, -0.2) is 0 Å². The van der Waals surface area contributed by atoms with Crippen molar-refractivity contribution in [1.29, 1.82) is 0 Å². The molecule has 0 aromatic heterocycles. The van der Waals surface area contributed by atoms with Crippen molar-refractivity contribution in [1.82, 2.24) is 0 Å². The summed E-state index contributed by atoms with van der Waals surface area (Å²) in [5.41, 5.74) is 2.30. The molecule has 0 aliphatic heterocycles. The molecule has 0 saturated heterocycles. The molecular formula is C15H23NO. The number of aliphatic hydroxyl groups excluding tert-OH is 1. The van der Waals surface area contributed by atoms with Gasteiger partial charge in [0.15, 0.2) is 0 Å². The van der Waals surface area contributed by atoms with E-state index < -0.39 is 0 Å². The predicted molar refractivity (Wildman–Crippen MR) is 72.3 cm³/mol. The Morgan fingerprint density at radius 3 is 2.59 bits per heavy atom. The van der Waals surface area contributed by atoms with Crippen molar-refractivity contribution in [3.8, 4) is 0 Å². The van der Waals surface area contributed by atoms with E-state index in [-0.39, 0.29) is 6.10 Å². The number of aliphatic hydroxyl groups is 1. The standard InChI is InChI=1S/C15H23NO/c1-3-15(17)13-7-5-6-8-14(13)16(4-2)11-12-9-10-12/h5-8,12,15,17H,3-4,9-11H2,1-2H3/t15-/m0/s1. The first-order valence-electron chi connectivity index (χ1n) is 6.78. The van der Waals surface area contributed by atoms with E-state index in [2.05, 4.69) is 30.0 Å². The molecule has 0 spiro atoms. The molecule has 0 amide bonds. The topological polar surface area (TPSA) is 23.5 Å². The van der Waals surface area contributed by atoms with Crippen molar-refractivity contribution in [2.75, 3.05) is 18.0 Å². The normalized spacial score (nSPS) is 16.9. The monoisotopic (exact) mass is 233 g/mol. The number of anilines is 1. The van der Waals surface area contributed by atoms with Crippen molar-refractivity contribution in [2.24, 2.45) is 5.92 Å². The maximum Gasteiger partial charge on any atom is 0.0807 e. The zero-order valence-electron chi connectivity index (χ0n) is 10.9. The predicted octanol–water partition coefficient (Wildman–Crippen LogP) is 3.37. The Bertz CT molecular complexity index is 360. The van der Waals surface area contributed by atoms with Gasteiger partial charge in [0.25, 0.3) is 0 Å². The molecule has 1 aromatic rings. The quantitative estimate of drug-likeness (QED) is 0.814. The van der Waals surface area contributed by atoms with E-state index in [4.69, 9.17) is 0 Å². The van der Waals surface area contributed by atoms with Gasteiger partial charge in [0, 0.05) is 24.3 Å². The molecule has 0 unspecified atom stereocenters. The molecular weight excluding hydrogens is 210 g/mol. The highest BCUT2D eigenvalue weighted by atomic mass is 16.3. The Morgan fingerprint density at radius 2 is 2.00 bits per heavy atom. The van der Waals surface area contributed by atoms with E-state index in [0.29, 0.717) is 0 Å². The molecule has 1 aromatic carbocycles. The highest BCUT2D eigenvalue weighted by Crippen LogP contribution is 2.34. The average Bonchev–Trinajstić information content (AvgIpc) is 3.19. The third kappa shape index (κ3) is 3.01. The summed E-state index contributed by atoms with van der Waals surface area (Å²) in [6, 6.07) is 8.28. The molecule has 1 fully saturated rings. The highest BCUT2D eigenvalue weighted by molar-refractivity contribution is 5.54. The molecule has 2 rings (SSSR count). The van der Waals surface area contributed by atoms with Crippen LogP contribution in [-0.4, -0.2) is 18.2 Å². The van der Waals surface area contributed by atoms with Crippen LogP contribution in [0.15, 0.2) is 24.3 Å². The number of benzene rings is 1. The Balaban J connectivity index is 2.21. The van der Waals surface area contributed by atoms with Crippen LogP contribution in [0, 0.1) is 5.92 Å². The SMILES string of the molecule is CC[C@H](O)c1ccccc1N(CC)CC1CC1. The minimum absolute atomic E-state index is 0.334. The average molecular weight is 233 g/mol. The first-order valence-corrected chi connectivity index (χ1v) is 6.78. The second-order valence-corrected chi connectivity index (χ2v) is 4.96. The number of hydrogen-bond acceptors (Lipinski definition) is 2. The fraction of sp³-hybridized carbons (Fsp3) is 0.600. The summed E-state index contributed by atoms with van der Waals surface area (Å²) in [7, 11) is 0. The van der Waals surface area contributed by atoms with Gasteiger partial charge in [-0.05, 0) is 38.2 Å². The number of hydrogen-bond donors (Lipinski definition) is 1. The van der Waals surface area contributed by atoms with Crippen molar-refractivity contribution in [3.05, 3.63) is 29.8 Å². The van der Waals surface area contributed by atoms with Gasteiger partial charge in [0.05, 0.1) is 6.10 Å². The van der Waals surface area contributed by atoms with Gasteiger partial charge in [-0.3, -0.25) is 0 Å². The molecule has 0 heterocycles. The molecule has 1 saturated carbocycles. The molecule has 17 heavy (non-hydrogen) atoms. The molecule has 0 bridgehead atoms. The summed E-state index contributed by atoms with van der Waals surface area (Å²) in [6.07, 6.45) is 3.18. The van der Waals surface area contributed by atoms with Crippen LogP contribution < -0.4 is 4.90 Å². The zero-order valence-corrected chi connectivity index (χ0v) is 10.9. The molecule has 2 nitrogen and oxygen atoms in total. The van der Waals surface area contributed by atoms with Crippen LogP contribution in [0.5, 0.6) is 0 Å². The maximum atomic E-state index is 10.1. The van der Waals surface area contributed by atoms with Crippen LogP contribution >= 0.6 is 0 Å². The van der Waals surface area contributed by atoms with Crippen LogP contribution in [0.4, 0.5) is 5.69 Å². The van der Waals surface area contributed by atoms with Crippen LogP contribution in [-0.2, 0) is 0 Å². The fourth-order valence-electron chi connectivity index (χ4n) is 2.29. The van der Waals surface area contributed by atoms with Crippen molar-refractivity contribution >= 4 is 5.69 Å². The Morgan fingerprint density at radius 1 is 1.29 bits per heavy atom. The second-order valence-electron chi connectivity index (χ2n) is 4.96. The van der Waals surface area contributed by atoms with Crippen molar-refractivity contribution < 1.29 is 5.11 Å². The maximum absolute atomic E-state index is 10.1. The van der Waals surface area contributed by atoms with E-state index in [1.54, 1.807) is 0 Å². The fourth-order valence-corrected chi connectivity index (χ4v) is 2.29. The van der Waals surface area contributed by atoms with Gasteiger partial charge in [-0.2, -0.15) is 0 Å². The lowest BCUT2D eigenvalue weighted by atomic mass is 10.0. The van der Waals surface area contributed by atoms with Gasteiger partial charge < -0.3 is 10.0 Å². The summed E-state index contributed by atoms with van der Waals surface area (Å²) in [5, 5.41) is 10.1. The van der Waals surface area contributed by atoms with Gasteiger partial charge in [0.1, 0.15) is 0 Å². The number of rotatable bonds is 6. The van der Waals surface area contributed by atoms with E-state index in [9.17, 15) is 5.11 Å². The third-order valence-electron chi connectivity index (χ3n) is 3.58. The Kier molecular flexibility index (Phi) is 4.06.